The predicted octanol–water partition coefficient (Wildman–Crippen LogP) is 11.6. The maximum atomic E-state index is 12.8. The van der Waals surface area contributed by atoms with Crippen LogP contribution in [-0.2, 0) is 66.2 Å². The van der Waals surface area contributed by atoms with Crippen LogP contribution in [0.25, 0.3) is 0 Å². The molecular weight excluding hydrogens is 1440 g/mol. The van der Waals surface area contributed by atoms with Gasteiger partial charge in [-0.05, 0) is 156 Å². The number of carbonyl (C=O) groups is 3. The maximum Gasteiger partial charge on any atom is 2.00 e. The SMILES string of the molecule is CC#C[C@](C)(O)[C@@H](CC)O[Si](c1ccccc1)(c1ccccc1)C(C)(C)C.CC[C@@H](O)C(C)/C=C(\C)C(O)[C@H](C)C[C@@](C)(OC)[C@H](O[C@@H]1OC(C)CC(N(C)C)C1C)[C@@H](C)C1=C(C)C(=O)OC(C)(C)O1.CO[C@](C)(C[C@@H](C)C=O)[C@H](O[C@@H]1OC(C)CC(N(C)C)C1C)[C@@H](C)C1=C(C)C(=O)OC(C)(C)O1.[CH2-]C(C)C.[Cl-].[Mg+2]. The van der Waals surface area contributed by atoms with Crippen molar-refractivity contribution in [2.24, 2.45) is 47.3 Å². The minimum absolute atomic E-state index is 0. The zero-order valence-corrected chi connectivity index (χ0v) is 77.1. The molecule has 6 rings (SSSR count). The first-order valence-corrected chi connectivity index (χ1v) is 41.4. The Labute approximate surface area is 689 Å². The maximum absolute atomic E-state index is 12.8. The number of aliphatic hydroxyl groups is 3. The number of esters is 2. The molecule has 0 bridgehead atoms. The summed E-state index contributed by atoms with van der Waals surface area (Å²) in [5.74, 6) is 3.18. The minimum atomic E-state index is -2.70. The van der Waals surface area contributed by atoms with E-state index < -0.39 is 91.5 Å². The van der Waals surface area contributed by atoms with E-state index in [1.807, 2.05) is 87.4 Å². The first kappa shape index (κ1) is 104. The largest absolute Gasteiger partial charge is 2.00 e. The fourth-order valence-electron chi connectivity index (χ4n) is 15.9. The van der Waals surface area contributed by atoms with Crippen LogP contribution in [-0.4, -0.2) is 213 Å². The fraction of sp³-hybridized carbons (Fsp3) is 0.727. The van der Waals surface area contributed by atoms with Gasteiger partial charge in [0, 0.05) is 89.5 Å². The molecule has 2 fully saturated rings. The number of benzene rings is 2. The van der Waals surface area contributed by atoms with E-state index in [2.05, 4.69) is 168 Å². The van der Waals surface area contributed by atoms with E-state index in [1.54, 1.807) is 69.6 Å². The van der Waals surface area contributed by atoms with Crippen molar-refractivity contribution in [1.82, 2.24) is 9.80 Å². The van der Waals surface area contributed by atoms with E-state index in [4.69, 9.17) is 51.8 Å². The van der Waals surface area contributed by atoms with Gasteiger partial charge in [-0.3, -0.25) is 0 Å². The van der Waals surface area contributed by atoms with E-state index in [0.29, 0.717) is 54.3 Å². The van der Waals surface area contributed by atoms with Gasteiger partial charge in [0.05, 0.1) is 65.1 Å². The van der Waals surface area contributed by atoms with Crippen molar-refractivity contribution < 1.29 is 93.9 Å². The molecule has 0 aromatic heterocycles. The van der Waals surface area contributed by atoms with Gasteiger partial charge in [0.1, 0.15) is 23.4 Å². The summed E-state index contributed by atoms with van der Waals surface area (Å²) in [7, 11) is 8.87. The van der Waals surface area contributed by atoms with Crippen LogP contribution in [0.2, 0.25) is 5.04 Å². The summed E-state index contributed by atoms with van der Waals surface area (Å²) in [6.45, 7) is 56.2. The number of hydrogen-bond donors (Lipinski definition) is 3. The molecule has 3 N–H and O–H groups in total. The normalized spacial score (nSPS) is 25.9. The Bertz CT molecular complexity index is 3230. The number of rotatable bonds is 30. The van der Waals surface area contributed by atoms with Crippen LogP contribution in [0.4, 0.5) is 0 Å². The van der Waals surface area contributed by atoms with Crippen molar-refractivity contribution in [3.8, 4) is 11.8 Å². The van der Waals surface area contributed by atoms with Crippen molar-refractivity contribution in [1.29, 1.82) is 0 Å². The molecule has 4 aliphatic rings. The third-order valence-corrected chi connectivity index (χ3v) is 26.9. The van der Waals surface area contributed by atoms with E-state index in [9.17, 15) is 29.7 Å². The number of ether oxygens (including phenoxy) is 10. The summed E-state index contributed by atoms with van der Waals surface area (Å²) in [5.41, 5.74) is -1.35. The average molecular weight is 1590 g/mol. The molecule has 19 nitrogen and oxygen atoms in total. The molecule has 4 heterocycles. The quantitative estimate of drug-likeness (QED) is 0.0165. The Morgan fingerprint density at radius 1 is 0.673 bits per heavy atom. The van der Waals surface area contributed by atoms with Gasteiger partial charge >= 0.3 is 35.0 Å². The van der Waals surface area contributed by atoms with Crippen LogP contribution >= 0.6 is 0 Å². The smallest absolute Gasteiger partial charge is 1.00 e. The summed E-state index contributed by atoms with van der Waals surface area (Å²) in [5, 5.41) is 35.0. The number of methoxy groups -OCH3 is 2. The third-order valence-electron chi connectivity index (χ3n) is 21.8. The van der Waals surface area contributed by atoms with Crippen molar-refractivity contribution in [2.45, 2.75) is 326 Å². The summed E-state index contributed by atoms with van der Waals surface area (Å²) >= 11 is 0. The molecule has 0 spiro atoms. The van der Waals surface area contributed by atoms with Crippen molar-refractivity contribution in [3.05, 3.63) is 102 Å². The second-order valence-corrected chi connectivity index (χ2v) is 38.9. The van der Waals surface area contributed by atoms with Crippen LogP contribution in [0.3, 0.4) is 0 Å². The zero-order chi connectivity index (χ0) is 82.7. The number of nitrogens with zero attached hydrogens (tertiary/aromatic N) is 2. The first-order valence-electron chi connectivity index (χ1n) is 39.4. The van der Waals surface area contributed by atoms with Crippen LogP contribution in [0, 0.1) is 66.1 Å². The molecule has 624 valence electrons. The van der Waals surface area contributed by atoms with Crippen LogP contribution < -0.4 is 22.8 Å². The number of aldehydes is 1. The summed E-state index contributed by atoms with van der Waals surface area (Å²) in [4.78, 5) is 41.4. The Morgan fingerprint density at radius 3 is 1.36 bits per heavy atom. The molecule has 0 aliphatic carbocycles. The molecule has 0 saturated carbocycles. The van der Waals surface area contributed by atoms with Crippen molar-refractivity contribution >= 4 is 60.0 Å². The molecule has 8 unspecified atom stereocenters. The van der Waals surface area contributed by atoms with Gasteiger partial charge in [-0.1, -0.05) is 170 Å². The Kier molecular flexibility index (Phi) is 42.7. The van der Waals surface area contributed by atoms with Gasteiger partial charge in [-0.2, -0.15) is 5.92 Å². The molecular formula is C88H147ClMgN2O17Si. The Morgan fingerprint density at radius 2 is 1.05 bits per heavy atom. The minimum Gasteiger partial charge on any atom is -1.00 e. The standard InChI is InChI=1S/C34H61NO8.C26H45NO7.C24H32O2Si.C4H9.ClH.Mg/c1-15-27(36)19(2)16-20(3)28(37)21(4)18-34(11,39-14)30(24(7)29-25(8)31(38)43-33(9,10)42-29)41-32-23(6)26(35(12)13)17-22(5)40-32;1-15(14-28)13-26(8,30-11)22(18(4)21-19(5)23(29)34-25(6,7)33-21)32-24-17(3)20(27(9)10)12-16(2)31-24;1-7-19-24(6,25)22(8-2)26-27(23(3,4)5,20-15-11-9-12-16-20)21-17-13-10-14-18-21;1-4(2)3;;/h16,19,21-24,26-28,30,32,36-37H,15,17-18H2,1-14H3;14-18,20,22,24H,12-13H2,1-11H3;9-18,22,25H,8H2,1-6H3;4H,1H2,2-3H3;1H;/q;;;-1;;+2/p-1/b20-16+;;;;;/t19?,21-,22?,23?,24+,26?,27-,28?,30-,32+,34-;15-,16?,17?,18+,20?,22-,24+,26-;22-,24+;;;/m111.../s1. The molecule has 0 radical (unpaired) electrons. The van der Waals surface area contributed by atoms with Crippen LogP contribution in [0.5, 0.6) is 0 Å². The second-order valence-electron chi connectivity index (χ2n) is 34.7. The van der Waals surface area contributed by atoms with Gasteiger partial charge in [-0.15, -0.1) is 5.92 Å². The van der Waals surface area contributed by atoms with Crippen LogP contribution in [0.1, 0.15) is 225 Å². The molecule has 21 atom stereocenters. The number of carbonyl (C=O) groups excluding carboxylic acids is 3. The second kappa shape index (κ2) is 45.1. The number of halogens is 1. The topological polar surface area (TPSA) is 220 Å². The van der Waals surface area contributed by atoms with E-state index in [-0.39, 0.29) is 106 Å². The van der Waals surface area contributed by atoms with Crippen molar-refractivity contribution in [3.63, 3.8) is 0 Å². The van der Waals surface area contributed by atoms with E-state index in [0.717, 1.165) is 24.7 Å². The molecule has 2 saturated heterocycles. The van der Waals surface area contributed by atoms with Gasteiger partial charge in [0.2, 0.25) is 11.6 Å². The predicted molar refractivity (Wildman–Crippen MR) is 440 cm³/mol. The van der Waals surface area contributed by atoms with Gasteiger partial charge in [0.15, 0.2) is 12.6 Å². The molecule has 4 aliphatic heterocycles. The summed E-state index contributed by atoms with van der Waals surface area (Å²) in [6, 6.07) is 21.5. The Hall–Kier alpha value is -3.78. The zero-order valence-electron chi connectivity index (χ0n) is 73.9. The van der Waals surface area contributed by atoms with Gasteiger partial charge < -0.3 is 101 Å². The summed E-state index contributed by atoms with van der Waals surface area (Å²) in [6.07, 6.45) is 3.13. The summed E-state index contributed by atoms with van der Waals surface area (Å²) < 4.78 is 69.1. The van der Waals surface area contributed by atoms with Crippen LogP contribution in [0.15, 0.2) is 95.0 Å². The molecule has 0 amide bonds. The first-order chi connectivity index (χ1) is 49.8. The van der Waals surface area contributed by atoms with E-state index in [1.165, 1.54) is 10.4 Å². The van der Waals surface area contributed by atoms with E-state index >= 15 is 0 Å². The number of cyclic esters (lactones) is 2. The average Bonchev–Trinajstić information content (AvgIpc) is 0.742. The van der Waals surface area contributed by atoms with Gasteiger partial charge in [0.25, 0.3) is 8.32 Å². The number of hydrogen-bond acceptors (Lipinski definition) is 19. The van der Waals surface area contributed by atoms with Gasteiger partial charge in [-0.25, -0.2) is 9.59 Å². The fourth-order valence-corrected chi connectivity index (χ4v) is 20.7. The molecule has 2 aromatic carbocycles. The van der Waals surface area contributed by atoms with Crippen molar-refractivity contribution in [2.75, 3.05) is 42.4 Å². The molecule has 22 heteroatoms. The monoisotopic (exact) mass is 1590 g/mol. The number of aliphatic hydroxyl groups excluding tert-OH is 2. The third kappa shape index (κ3) is 28.3. The molecule has 110 heavy (non-hydrogen) atoms. The molecule has 2 aromatic rings. The Balaban J connectivity index is 0.000000816.